The third kappa shape index (κ3) is 1.53. The first kappa shape index (κ1) is 7.68. The number of pyridine rings is 1. The van der Waals surface area contributed by atoms with E-state index < -0.39 is 5.97 Å². The van der Waals surface area contributed by atoms with E-state index in [4.69, 9.17) is 10.8 Å². The van der Waals surface area contributed by atoms with E-state index in [1.165, 1.54) is 12.4 Å². The molecule has 4 heteroatoms. The molecule has 0 saturated heterocycles. The second-order valence-corrected chi connectivity index (χ2v) is 2.04. The van der Waals surface area contributed by atoms with Gasteiger partial charge in [-0.1, -0.05) is 0 Å². The van der Waals surface area contributed by atoms with Gasteiger partial charge in [0, 0.05) is 18.9 Å². The van der Waals surface area contributed by atoms with Crippen LogP contribution in [0.5, 0.6) is 0 Å². The summed E-state index contributed by atoms with van der Waals surface area (Å²) in [5, 5.41) is 8.60. The highest BCUT2D eigenvalue weighted by molar-refractivity contribution is 5.88. The molecule has 1 rings (SSSR count). The van der Waals surface area contributed by atoms with Gasteiger partial charge in [0.1, 0.15) is 0 Å². The Balaban J connectivity index is 3.12. The van der Waals surface area contributed by atoms with Crippen LogP contribution in [-0.2, 0) is 6.54 Å². The van der Waals surface area contributed by atoms with Crippen molar-refractivity contribution < 1.29 is 9.90 Å². The summed E-state index contributed by atoms with van der Waals surface area (Å²) in [6.07, 6.45) is 2.82. The zero-order chi connectivity index (χ0) is 8.27. The van der Waals surface area contributed by atoms with Crippen molar-refractivity contribution in [2.45, 2.75) is 6.54 Å². The Morgan fingerprint density at radius 2 is 2.45 bits per heavy atom. The SMILES string of the molecule is NCc1ccncc1C(=O)O. The van der Waals surface area contributed by atoms with Crippen molar-refractivity contribution in [3.05, 3.63) is 29.6 Å². The summed E-state index contributed by atoms with van der Waals surface area (Å²) >= 11 is 0. The summed E-state index contributed by atoms with van der Waals surface area (Å²) in [4.78, 5) is 14.2. The van der Waals surface area contributed by atoms with Gasteiger partial charge < -0.3 is 10.8 Å². The lowest BCUT2D eigenvalue weighted by molar-refractivity contribution is 0.0695. The highest BCUT2D eigenvalue weighted by atomic mass is 16.4. The maximum atomic E-state index is 10.5. The van der Waals surface area contributed by atoms with Crippen LogP contribution in [0.2, 0.25) is 0 Å². The quantitative estimate of drug-likeness (QED) is 0.636. The first-order chi connectivity index (χ1) is 5.25. The molecule has 0 amide bonds. The molecular weight excluding hydrogens is 144 g/mol. The number of aromatic nitrogens is 1. The predicted molar refractivity (Wildman–Crippen MR) is 39.1 cm³/mol. The van der Waals surface area contributed by atoms with E-state index in [0.717, 1.165) is 0 Å². The first-order valence-corrected chi connectivity index (χ1v) is 3.12. The van der Waals surface area contributed by atoms with Crippen LogP contribution in [0, 0.1) is 0 Å². The molecule has 0 fully saturated rings. The van der Waals surface area contributed by atoms with E-state index in [-0.39, 0.29) is 12.1 Å². The molecule has 0 aliphatic rings. The van der Waals surface area contributed by atoms with Crippen LogP contribution in [0.4, 0.5) is 0 Å². The smallest absolute Gasteiger partial charge is 0.337 e. The predicted octanol–water partition coefficient (Wildman–Crippen LogP) is 0.238. The maximum absolute atomic E-state index is 10.5. The van der Waals surface area contributed by atoms with Crippen LogP contribution in [0.1, 0.15) is 15.9 Å². The van der Waals surface area contributed by atoms with Gasteiger partial charge in [-0.25, -0.2) is 4.79 Å². The fraction of sp³-hybridized carbons (Fsp3) is 0.143. The Kier molecular flexibility index (Phi) is 2.18. The van der Waals surface area contributed by atoms with E-state index in [1.807, 2.05) is 0 Å². The van der Waals surface area contributed by atoms with Crippen molar-refractivity contribution in [1.29, 1.82) is 0 Å². The molecule has 1 aromatic rings. The summed E-state index contributed by atoms with van der Waals surface area (Å²) in [6, 6.07) is 1.60. The van der Waals surface area contributed by atoms with Crippen LogP contribution < -0.4 is 5.73 Å². The average molecular weight is 152 g/mol. The summed E-state index contributed by atoms with van der Waals surface area (Å²) in [5.74, 6) is -0.987. The van der Waals surface area contributed by atoms with Gasteiger partial charge in [0.25, 0.3) is 0 Å². The van der Waals surface area contributed by atoms with E-state index in [2.05, 4.69) is 4.98 Å². The number of hydrogen-bond acceptors (Lipinski definition) is 3. The van der Waals surface area contributed by atoms with Crippen LogP contribution in [0.15, 0.2) is 18.5 Å². The lowest BCUT2D eigenvalue weighted by atomic mass is 10.1. The summed E-state index contributed by atoms with van der Waals surface area (Å²) in [7, 11) is 0. The van der Waals surface area contributed by atoms with Gasteiger partial charge in [0.15, 0.2) is 0 Å². The van der Waals surface area contributed by atoms with Gasteiger partial charge in [-0.2, -0.15) is 0 Å². The molecule has 0 saturated carbocycles. The maximum Gasteiger partial charge on any atom is 0.337 e. The van der Waals surface area contributed by atoms with Gasteiger partial charge >= 0.3 is 5.97 Å². The number of rotatable bonds is 2. The number of aromatic carboxylic acids is 1. The molecule has 0 aliphatic heterocycles. The molecule has 4 nitrogen and oxygen atoms in total. The minimum Gasteiger partial charge on any atom is -0.478 e. The van der Waals surface area contributed by atoms with E-state index >= 15 is 0 Å². The number of carbonyl (C=O) groups is 1. The Morgan fingerprint density at radius 3 is 2.91 bits per heavy atom. The molecule has 0 aromatic carbocycles. The number of carboxylic acids is 1. The van der Waals surface area contributed by atoms with Gasteiger partial charge in [-0.05, 0) is 11.6 Å². The standard InChI is InChI=1S/C7H8N2O2/c8-3-5-1-2-9-4-6(5)7(10)11/h1-2,4H,3,8H2,(H,10,11). The van der Waals surface area contributed by atoms with Crippen LogP contribution >= 0.6 is 0 Å². The summed E-state index contributed by atoms with van der Waals surface area (Å²) in [5.41, 5.74) is 6.08. The van der Waals surface area contributed by atoms with Crippen molar-refractivity contribution in [1.82, 2.24) is 4.98 Å². The fourth-order valence-electron chi connectivity index (χ4n) is 0.794. The molecule has 0 aliphatic carbocycles. The molecular formula is C7H8N2O2. The van der Waals surface area contributed by atoms with Crippen LogP contribution in [0.3, 0.4) is 0 Å². The molecule has 0 spiro atoms. The zero-order valence-corrected chi connectivity index (χ0v) is 5.82. The van der Waals surface area contributed by atoms with Crippen molar-refractivity contribution in [2.24, 2.45) is 5.73 Å². The lowest BCUT2D eigenvalue weighted by Gasteiger charge is -1.99. The Bertz CT molecular complexity index is 273. The second-order valence-electron chi connectivity index (χ2n) is 2.04. The number of nitrogens with zero attached hydrogens (tertiary/aromatic N) is 1. The normalized spacial score (nSPS) is 9.55. The third-order valence-electron chi connectivity index (χ3n) is 1.36. The van der Waals surface area contributed by atoms with Crippen molar-refractivity contribution in [3.63, 3.8) is 0 Å². The van der Waals surface area contributed by atoms with Gasteiger partial charge in [-0.15, -0.1) is 0 Å². The van der Waals surface area contributed by atoms with Crippen molar-refractivity contribution in [2.75, 3.05) is 0 Å². The van der Waals surface area contributed by atoms with Crippen LogP contribution in [0.25, 0.3) is 0 Å². The zero-order valence-electron chi connectivity index (χ0n) is 5.82. The topological polar surface area (TPSA) is 76.2 Å². The molecule has 3 N–H and O–H groups in total. The highest BCUT2D eigenvalue weighted by Crippen LogP contribution is 2.04. The molecule has 0 atom stereocenters. The molecule has 0 radical (unpaired) electrons. The minimum atomic E-state index is -0.987. The van der Waals surface area contributed by atoms with E-state index in [1.54, 1.807) is 6.07 Å². The molecule has 1 heterocycles. The first-order valence-electron chi connectivity index (χ1n) is 3.12. The van der Waals surface area contributed by atoms with Crippen molar-refractivity contribution >= 4 is 5.97 Å². The number of hydrogen-bond donors (Lipinski definition) is 2. The molecule has 0 unspecified atom stereocenters. The van der Waals surface area contributed by atoms with E-state index in [9.17, 15) is 4.79 Å². The summed E-state index contributed by atoms with van der Waals surface area (Å²) in [6.45, 7) is 0.226. The van der Waals surface area contributed by atoms with Crippen molar-refractivity contribution in [3.8, 4) is 0 Å². The number of nitrogens with two attached hydrogens (primary N) is 1. The second kappa shape index (κ2) is 3.12. The summed E-state index contributed by atoms with van der Waals surface area (Å²) < 4.78 is 0. The molecule has 11 heavy (non-hydrogen) atoms. The van der Waals surface area contributed by atoms with Gasteiger partial charge in [0.05, 0.1) is 5.56 Å². The third-order valence-corrected chi connectivity index (χ3v) is 1.36. The van der Waals surface area contributed by atoms with Gasteiger partial charge in [-0.3, -0.25) is 4.98 Å². The monoisotopic (exact) mass is 152 g/mol. The minimum absolute atomic E-state index is 0.176. The number of carboxylic acid groups (broad SMARTS) is 1. The Labute approximate surface area is 63.7 Å². The van der Waals surface area contributed by atoms with Gasteiger partial charge in [0.2, 0.25) is 0 Å². The molecule has 1 aromatic heterocycles. The fourth-order valence-corrected chi connectivity index (χ4v) is 0.794. The van der Waals surface area contributed by atoms with Crippen LogP contribution in [-0.4, -0.2) is 16.1 Å². The average Bonchev–Trinajstić information content (AvgIpc) is 2.04. The molecule has 58 valence electrons. The largest absolute Gasteiger partial charge is 0.478 e. The highest BCUT2D eigenvalue weighted by Gasteiger charge is 2.06. The molecule has 0 bridgehead atoms. The Hall–Kier alpha value is -1.42. The van der Waals surface area contributed by atoms with E-state index in [0.29, 0.717) is 5.56 Å². The Morgan fingerprint density at radius 1 is 1.73 bits per heavy atom. The lowest BCUT2D eigenvalue weighted by Crippen LogP contribution is -2.06.